The van der Waals surface area contributed by atoms with Crippen LogP contribution in [-0.4, -0.2) is 56.5 Å². The van der Waals surface area contributed by atoms with E-state index in [4.69, 9.17) is 4.74 Å². The van der Waals surface area contributed by atoms with Crippen LogP contribution in [0.15, 0.2) is 47.4 Å². The highest BCUT2D eigenvalue weighted by atomic mass is 32.2. The van der Waals surface area contributed by atoms with E-state index in [1.807, 2.05) is 30.3 Å². The number of hydrogen-bond donors (Lipinski definition) is 2. The van der Waals surface area contributed by atoms with Gasteiger partial charge in [0.2, 0.25) is 5.91 Å². The lowest BCUT2D eigenvalue weighted by molar-refractivity contribution is -0.132. The van der Waals surface area contributed by atoms with Crippen molar-refractivity contribution in [2.75, 3.05) is 37.4 Å². The van der Waals surface area contributed by atoms with Crippen LogP contribution >= 0.6 is 11.8 Å². The summed E-state index contributed by atoms with van der Waals surface area (Å²) < 4.78 is 5.57. The van der Waals surface area contributed by atoms with Gasteiger partial charge in [0.15, 0.2) is 0 Å². The molecule has 0 bridgehead atoms. The molecule has 2 aliphatic rings. The Morgan fingerprint density at radius 2 is 2.09 bits per heavy atom. The fourth-order valence-electron chi connectivity index (χ4n) is 3.80. The molecule has 0 radical (unpaired) electrons. The molecule has 2 N–H and O–H groups in total. The van der Waals surface area contributed by atoms with Crippen molar-refractivity contribution >= 4 is 29.3 Å². The van der Waals surface area contributed by atoms with Crippen molar-refractivity contribution in [3.63, 3.8) is 0 Å². The number of benzene rings is 2. The van der Waals surface area contributed by atoms with Gasteiger partial charge in [0.25, 0.3) is 5.91 Å². The molecule has 2 atom stereocenters. The van der Waals surface area contributed by atoms with Crippen molar-refractivity contribution in [1.29, 1.82) is 5.26 Å². The third-order valence-corrected chi connectivity index (χ3v) is 6.73. The summed E-state index contributed by atoms with van der Waals surface area (Å²) in [4.78, 5) is 27.3. The van der Waals surface area contributed by atoms with E-state index in [9.17, 15) is 14.9 Å². The Labute approximate surface area is 192 Å². The Balaban J connectivity index is 1.41. The number of nitriles is 1. The predicted octanol–water partition coefficient (Wildman–Crippen LogP) is 2.35. The number of amides is 2. The van der Waals surface area contributed by atoms with Crippen molar-refractivity contribution in [3.8, 4) is 17.2 Å². The Hall–Kier alpha value is -2.86. The average molecular weight is 451 g/mol. The standard InChI is InChI=1S/C24H26N4O3S/c1-28-20-12-18(7-8-22(20)32-15-23(28)29)17-5-3-16(4-6-17)11-19(13-25)27-24(30)21-14-26-9-2-10-31-21/h3-8,12,19,21,26H,2,9-11,14-15H2,1H3,(H,27,30)/t19-,21-/m0/s1. The smallest absolute Gasteiger partial charge is 0.251 e. The minimum absolute atomic E-state index is 0.102. The van der Waals surface area contributed by atoms with Gasteiger partial charge in [0.1, 0.15) is 12.1 Å². The number of fused-ring (bicyclic) bond motifs is 1. The van der Waals surface area contributed by atoms with E-state index in [0.717, 1.165) is 40.2 Å². The van der Waals surface area contributed by atoms with Crippen LogP contribution in [0, 0.1) is 11.3 Å². The molecule has 2 aromatic rings. The van der Waals surface area contributed by atoms with E-state index in [2.05, 4.69) is 28.8 Å². The lowest BCUT2D eigenvalue weighted by atomic mass is 10.00. The second-order valence-corrected chi connectivity index (χ2v) is 8.95. The second kappa shape index (κ2) is 10.2. The van der Waals surface area contributed by atoms with Gasteiger partial charge in [-0.3, -0.25) is 9.59 Å². The van der Waals surface area contributed by atoms with Crippen molar-refractivity contribution in [3.05, 3.63) is 48.0 Å². The number of hydrogen-bond acceptors (Lipinski definition) is 6. The van der Waals surface area contributed by atoms with Crippen molar-refractivity contribution in [1.82, 2.24) is 10.6 Å². The Kier molecular flexibility index (Phi) is 7.10. The highest BCUT2D eigenvalue weighted by Gasteiger charge is 2.24. The summed E-state index contributed by atoms with van der Waals surface area (Å²) in [5.41, 5.74) is 3.95. The molecular formula is C24H26N4O3S. The summed E-state index contributed by atoms with van der Waals surface area (Å²) in [6, 6.07) is 15.6. The van der Waals surface area contributed by atoms with E-state index in [1.165, 1.54) is 0 Å². The molecule has 4 rings (SSSR count). The van der Waals surface area contributed by atoms with Crippen LogP contribution in [0.1, 0.15) is 12.0 Å². The quantitative estimate of drug-likeness (QED) is 0.726. The SMILES string of the molecule is CN1C(=O)CSc2ccc(-c3ccc(C[C@@H](C#N)NC(=O)[C@@H]4CNCCCO4)cc3)cc21. The number of nitrogens with zero attached hydrogens (tertiary/aromatic N) is 2. The lowest BCUT2D eigenvalue weighted by Crippen LogP contribution is -2.46. The molecule has 1 saturated heterocycles. The third kappa shape index (κ3) is 5.13. The molecular weight excluding hydrogens is 424 g/mol. The topological polar surface area (TPSA) is 94.5 Å². The molecule has 2 aliphatic heterocycles. The number of carbonyl (C=O) groups is 2. The maximum atomic E-state index is 12.5. The van der Waals surface area contributed by atoms with Crippen LogP contribution in [0.25, 0.3) is 11.1 Å². The third-order valence-electron chi connectivity index (χ3n) is 5.68. The largest absolute Gasteiger partial charge is 0.367 e. The van der Waals surface area contributed by atoms with E-state index in [-0.39, 0.29) is 11.8 Å². The van der Waals surface area contributed by atoms with Gasteiger partial charge in [-0.05, 0) is 41.8 Å². The first-order valence-corrected chi connectivity index (χ1v) is 11.7. The minimum Gasteiger partial charge on any atom is -0.367 e. The Morgan fingerprint density at radius 3 is 2.88 bits per heavy atom. The van der Waals surface area contributed by atoms with Gasteiger partial charge in [-0.1, -0.05) is 30.3 Å². The van der Waals surface area contributed by atoms with E-state index in [0.29, 0.717) is 25.3 Å². The molecule has 166 valence electrons. The molecule has 0 saturated carbocycles. The lowest BCUT2D eigenvalue weighted by Gasteiger charge is -2.25. The van der Waals surface area contributed by atoms with Crippen molar-refractivity contribution in [2.45, 2.75) is 29.9 Å². The fraction of sp³-hybridized carbons (Fsp3) is 0.375. The Morgan fingerprint density at radius 1 is 1.31 bits per heavy atom. The molecule has 8 heteroatoms. The zero-order valence-corrected chi connectivity index (χ0v) is 18.8. The van der Waals surface area contributed by atoms with Crippen molar-refractivity contribution < 1.29 is 14.3 Å². The van der Waals surface area contributed by atoms with Gasteiger partial charge in [-0.15, -0.1) is 11.8 Å². The summed E-state index contributed by atoms with van der Waals surface area (Å²) in [6.07, 6.45) is 0.719. The maximum absolute atomic E-state index is 12.5. The van der Waals surface area contributed by atoms with Crippen LogP contribution < -0.4 is 15.5 Å². The fourth-order valence-corrected chi connectivity index (χ4v) is 4.78. The predicted molar refractivity (Wildman–Crippen MR) is 124 cm³/mol. The van der Waals surface area contributed by atoms with E-state index < -0.39 is 12.1 Å². The molecule has 0 aliphatic carbocycles. The zero-order valence-electron chi connectivity index (χ0n) is 18.0. The summed E-state index contributed by atoms with van der Waals surface area (Å²) in [6.45, 7) is 1.82. The normalized spacial score (nSPS) is 19.4. The van der Waals surface area contributed by atoms with Gasteiger partial charge in [0, 0.05) is 31.5 Å². The van der Waals surface area contributed by atoms with Gasteiger partial charge in [-0.2, -0.15) is 5.26 Å². The van der Waals surface area contributed by atoms with Gasteiger partial charge in [0.05, 0.1) is 17.5 Å². The number of anilines is 1. The van der Waals surface area contributed by atoms with E-state index in [1.54, 1.807) is 23.7 Å². The van der Waals surface area contributed by atoms with Crippen LogP contribution in [0.2, 0.25) is 0 Å². The molecule has 2 aromatic carbocycles. The van der Waals surface area contributed by atoms with Crippen LogP contribution in [0.4, 0.5) is 5.69 Å². The molecule has 2 heterocycles. The summed E-state index contributed by atoms with van der Waals surface area (Å²) in [5, 5.41) is 15.5. The summed E-state index contributed by atoms with van der Waals surface area (Å²) in [5.74, 6) is 0.315. The first kappa shape index (κ1) is 22.3. The van der Waals surface area contributed by atoms with Gasteiger partial charge in [-0.25, -0.2) is 0 Å². The number of ether oxygens (including phenoxy) is 1. The monoisotopic (exact) mass is 450 g/mol. The molecule has 0 aromatic heterocycles. The van der Waals surface area contributed by atoms with Crippen molar-refractivity contribution in [2.24, 2.45) is 0 Å². The highest BCUT2D eigenvalue weighted by Crippen LogP contribution is 2.37. The summed E-state index contributed by atoms with van der Waals surface area (Å²) in [7, 11) is 1.81. The van der Waals surface area contributed by atoms with Crippen LogP contribution in [0.3, 0.4) is 0 Å². The second-order valence-electron chi connectivity index (χ2n) is 7.93. The molecule has 0 unspecified atom stereocenters. The van der Waals surface area contributed by atoms with E-state index >= 15 is 0 Å². The average Bonchev–Trinajstić information content (AvgIpc) is 3.11. The number of nitrogens with one attached hydrogen (secondary N) is 2. The van der Waals surface area contributed by atoms with Gasteiger partial charge >= 0.3 is 0 Å². The number of thioether (sulfide) groups is 1. The number of rotatable bonds is 5. The molecule has 1 fully saturated rings. The van der Waals surface area contributed by atoms with Gasteiger partial charge < -0.3 is 20.3 Å². The molecule has 7 nitrogen and oxygen atoms in total. The molecule has 2 amide bonds. The molecule has 32 heavy (non-hydrogen) atoms. The van der Waals surface area contributed by atoms with Crippen LogP contribution in [0.5, 0.6) is 0 Å². The number of carbonyl (C=O) groups excluding carboxylic acids is 2. The highest BCUT2D eigenvalue weighted by molar-refractivity contribution is 8.00. The first-order chi connectivity index (χ1) is 15.5. The Bertz CT molecular complexity index is 1030. The zero-order chi connectivity index (χ0) is 22.5. The molecule has 0 spiro atoms. The first-order valence-electron chi connectivity index (χ1n) is 10.7. The van der Waals surface area contributed by atoms with Crippen LogP contribution in [-0.2, 0) is 20.7 Å². The maximum Gasteiger partial charge on any atom is 0.251 e. The minimum atomic E-state index is -0.624. The summed E-state index contributed by atoms with van der Waals surface area (Å²) >= 11 is 1.56.